The number of nitrogens with one attached hydrogen (secondary N) is 1. The van der Waals surface area contributed by atoms with E-state index >= 15 is 0 Å². The van der Waals surface area contributed by atoms with Crippen LogP contribution >= 0.6 is 0 Å². The Morgan fingerprint density at radius 1 is 1.21 bits per heavy atom. The van der Waals surface area contributed by atoms with E-state index in [-0.39, 0.29) is 24.4 Å². The second-order valence-corrected chi connectivity index (χ2v) is 6.67. The number of amides is 3. The van der Waals surface area contributed by atoms with Crippen LogP contribution in [-0.4, -0.2) is 42.3 Å². The van der Waals surface area contributed by atoms with Crippen molar-refractivity contribution >= 4 is 29.1 Å². The summed E-state index contributed by atoms with van der Waals surface area (Å²) >= 11 is 0. The Kier molecular flexibility index (Phi) is 5.39. The summed E-state index contributed by atoms with van der Waals surface area (Å²) in [5.41, 5.74) is 0.710. The molecule has 0 bridgehead atoms. The van der Waals surface area contributed by atoms with Crippen molar-refractivity contribution < 1.29 is 23.2 Å². The first-order valence-electron chi connectivity index (χ1n) is 8.69. The fourth-order valence-corrected chi connectivity index (χ4v) is 3.19. The monoisotopic (exact) mass is 387 g/mol. The second kappa shape index (κ2) is 7.75. The van der Waals surface area contributed by atoms with Crippen LogP contribution in [0.15, 0.2) is 42.5 Å². The largest absolute Gasteiger partial charge is 0.332 e. The van der Waals surface area contributed by atoms with Crippen molar-refractivity contribution in [2.24, 2.45) is 0 Å². The normalized spacial score (nSPS) is 16.1. The molecule has 2 aromatic rings. The van der Waals surface area contributed by atoms with Crippen molar-refractivity contribution in [3.63, 3.8) is 0 Å². The van der Waals surface area contributed by atoms with Crippen LogP contribution in [0.25, 0.3) is 0 Å². The number of para-hydroxylation sites is 2. The predicted octanol–water partition coefficient (Wildman–Crippen LogP) is 2.80. The second-order valence-electron chi connectivity index (χ2n) is 6.67. The molecule has 0 fully saturated rings. The number of carbonyl (C=O) groups excluding carboxylic acids is 3. The number of carbonyl (C=O) groups is 3. The van der Waals surface area contributed by atoms with Gasteiger partial charge in [-0.25, -0.2) is 8.78 Å². The highest BCUT2D eigenvalue weighted by molar-refractivity contribution is 6.06. The Hall–Kier alpha value is -3.29. The molecule has 3 amide bonds. The molecule has 0 aliphatic carbocycles. The fourth-order valence-electron chi connectivity index (χ4n) is 3.19. The van der Waals surface area contributed by atoms with Crippen LogP contribution < -0.4 is 10.2 Å². The Morgan fingerprint density at radius 3 is 2.64 bits per heavy atom. The predicted molar refractivity (Wildman–Crippen MR) is 100.0 cm³/mol. The van der Waals surface area contributed by atoms with Gasteiger partial charge in [0.1, 0.15) is 18.2 Å². The van der Waals surface area contributed by atoms with Crippen LogP contribution in [0.2, 0.25) is 0 Å². The third-order valence-corrected chi connectivity index (χ3v) is 4.51. The van der Waals surface area contributed by atoms with Crippen LogP contribution in [0.1, 0.15) is 23.7 Å². The van der Waals surface area contributed by atoms with Gasteiger partial charge in [0, 0.05) is 25.6 Å². The molecular formula is C20H19F2N3O3. The van der Waals surface area contributed by atoms with E-state index in [1.807, 2.05) is 0 Å². The van der Waals surface area contributed by atoms with Crippen LogP contribution in [0.3, 0.4) is 0 Å². The van der Waals surface area contributed by atoms with Gasteiger partial charge in [0.25, 0.3) is 5.91 Å². The molecule has 0 unspecified atom stereocenters. The molecule has 1 aliphatic rings. The summed E-state index contributed by atoms with van der Waals surface area (Å²) in [6, 6.07) is 9.09. The van der Waals surface area contributed by atoms with Crippen molar-refractivity contribution in [1.29, 1.82) is 0 Å². The van der Waals surface area contributed by atoms with Gasteiger partial charge in [-0.1, -0.05) is 12.1 Å². The Balaban J connectivity index is 1.83. The molecule has 3 rings (SSSR count). The van der Waals surface area contributed by atoms with Crippen LogP contribution in [0.4, 0.5) is 20.2 Å². The topological polar surface area (TPSA) is 69.7 Å². The summed E-state index contributed by atoms with van der Waals surface area (Å²) in [5.74, 6) is -3.16. The lowest BCUT2D eigenvalue weighted by molar-refractivity contribution is -0.119. The van der Waals surface area contributed by atoms with Crippen LogP contribution in [-0.2, 0) is 9.59 Å². The summed E-state index contributed by atoms with van der Waals surface area (Å²) in [6.45, 7) is 1.41. The van der Waals surface area contributed by atoms with Gasteiger partial charge >= 0.3 is 0 Å². The molecule has 0 radical (unpaired) electrons. The molecule has 0 saturated carbocycles. The Morgan fingerprint density at radius 2 is 1.93 bits per heavy atom. The number of rotatable bonds is 3. The van der Waals surface area contributed by atoms with Gasteiger partial charge in [-0.05, 0) is 31.2 Å². The van der Waals surface area contributed by atoms with Crippen molar-refractivity contribution in [3.05, 3.63) is 59.7 Å². The molecule has 0 saturated heterocycles. The summed E-state index contributed by atoms with van der Waals surface area (Å²) in [4.78, 5) is 40.0. The third-order valence-electron chi connectivity index (χ3n) is 4.51. The van der Waals surface area contributed by atoms with Crippen molar-refractivity contribution in [2.45, 2.75) is 19.4 Å². The van der Waals surface area contributed by atoms with E-state index in [4.69, 9.17) is 0 Å². The highest BCUT2D eigenvalue weighted by Gasteiger charge is 2.31. The molecule has 1 heterocycles. The first-order chi connectivity index (χ1) is 13.3. The summed E-state index contributed by atoms with van der Waals surface area (Å²) < 4.78 is 26.9. The highest BCUT2D eigenvalue weighted by atomic mass is 19.1. The van der Waals surface area contributed by atoms with Gasteiger partial charge < -0.3 is 15.1 Å². The first kappa shape index (κ1) is 19.5. The van der Waals surface area contributed by atoms with E-state index in [1.54, 1.807) is 31.2 Å². The highest BCUT2D eigenvalue weighted by Crippen LogP contribution is 2.31. The fraction of sp³-hybridized carbons (Fsp3) is 0.250. The molecule has 1 N–H and O–H groups in total. The Labute approximate surface area is 160 Å². The number of likely N-dealkylation sites (N-methyl/N-ethyl adjacent to an activating group) is 1. The van der Waals surface area contributed by atoms with Crippen LogP contribution in [0, 0.1) is 11.6 Å². The maximum Gasteiger partial charge on any atom is 0.257 e. The smallest absolute Gasteiger partial charge is 0.257 e. The summed E-state index contributed by atoms with van der Waals surface area (Å²) in [5, 5.41) is 2.75. The molecule has 146 valence electrons. The number of hydrogen-bond acceptors (Lipinski definition) is 3. The average Bonchev–Trinajstić information content (AvgIpc) is 2.75. The molecule has 1 atom stereocenters. The van der Waals surface area contributed by atoms with E-state index < -0.39 is 29.5 Å². The van der Waals surface area contributed by atoms with Crippen molar-refractivity contribution in [2.75, 3.05) is 23.8 Å². The number of benzene rings is 2. The van der Waals surface area contributed by atoms with Gasteiger partial charge in [0.2, 0.25) is 11.8 Å². The minimum atomic E-state index is -0.993. The zero-order chi connectivity index (χ0) is 20.4. The van der Waals surface area contributed by atoms with Gasteiger partial charge in [0.05, 0.1) is 16.9 Å². The lowest BCUT2D eigenvalue weighted by Crippen LogP contribution is -2.45. The van der Waals surface area contributed by atoms with Crippen LogP contribution in [0.5, 0.6) is 0 Å². The van der Waals surface area contributed by atoms with E-state index in [9.17, 15) is 23.2 Å². The van der Waals surface area contributed by atoms with Crippen molar-refractivity contribution in [3.8, 4) is 0 Å². The molecule has 0 spiro atoms. The number of halogens is 2. The molecule has 28 heavy (non-hydrogen) atoms. The lowest BCUT2D eigenvalue weighted by atomic mass is 10.1. The SMILES string of the molecule is C[C@H]1CC(=O)Nc2ccccc2N1C(=O)CN(C)C(=O)c1ccc(F)cc1F. The summed E-state index contributed by atoms with van der Waals surface area (Å²) in [7, 11) is 1.36. The minimum Gasteiger partial charge on any atom is -0.332 e. The quantitative estimate of drug-likeness (QED) is 0.881. The number of anilines is 2. The zero-order valence-corrected chi connectivity index (χ0v) is 15.4. The number of fused-ring (bicyclic) bond motifs is 1. The third kappa shape index (κ3) is 3.85. The zero-order valence-electron chi connectivity index (χ0n) is 15.4. The summed E-state index contributed by atoms with van der Waals surface area (Å²) in [6.07, 6.45) is 0.102. The van der Waals surface area contributed by atoms with E-state index in [0.717, 1.165) is 17.0 Å². The van der Waals surface area contributed by atoms with Gasteiger partial charge in [-0.3, -0.25) is 14.4 Å². The molecule has 2 aromatic carbocycles. The lowest BCUT2D eigenvalue weighted by Gasteiger charge is -2.29. The standard InChI is InChI=1S/C20H19F2N3O3/c1-12-9-18(26)23-16-5-3-4-6-17(16)25(12)19(27)11-24(2)20(28)14-8-7-13(21)10-15(14)22/h3-8,10,12H,9,11H2,1-2H3,(H,23,26)/t12-/m0/s1. The average molecular weight is 387 g/mol. The first-order valence-corrected chi connectivity index (χ1v) is 8.69. The van der Waals surface area contributed by atoms with Crippen molar-refractivity contribution in [1.82, 2.24) is 4.90 Å². The minimum absolute atomic E-state index is 0.102. The molecule has 0 aromatic heterocycles. The molecule has 1 aliphatic heterocycles. The van der Waals surface area contributed by atoms with Gasteiger partial charge in [-0.15, -0.1) is 0 Å². The van der Waals surface area contributed by atoms with E-state index in [2.05, 4.69) is 5.32 Å². The van der Waals surface area contributed by atoms with E-state index in [1.165, 1.54) is 11.9 Å². The molecule has 6 nitrogen and oxygen atoms in total. The number of hydrogen-bond donors (Lipinski definition) is 1. The van der Waals surface area contributed by atoms with E-state index in [0.29, 0.717) is 17.4 Å². The van der Waals surface area contributed by atoms with Gasteiger partial charge in [-0.2, -0.15) is 0 Å². The molecular weight excluding hydrogens is 368 g/mol. The maximum atomic E-state index is 13.9. The van der Waals surface area contributed by atoms with Gasteiger partial charge in [0.15, 0.2) is 0 Å². The maximum absolute atomic E-state index is 13.9. The number of nitrogens with zero attached hydrogens (tertiary/aromatic N) is 2. The Bertz CT molecular complexity index is 948. The molecule has 8 heteroatoms.